The van der Waals surface area contributed by atoms with Crippen molar-refractivity contribution in [3.05, 3.63) is 12.2 Å². The zero-order chi connectivity index (χ0) is 12.8. The maximum Gasteiger partial charge on any atom is 0.143 e. The van der Waals surface area contributed by atoms with E-state index in [1.165, 1.54) is 38.5 Å². The summed E-state index contributed by atoms with van der Waals surface area (Å²) < 4.78 is 2.04. The van der Waals surface area contributed by atoms with Gasteiger partial charge in [-0.2, -0.15) is 5.10 Å². The van der Waals surface area contributed by atoms with Gasteiger partial charge in [0.2, 0.25) is 0 Å². The summed E-state index contributed by atoms with van der Waals surface area (Å²) in [6.07, 6.45) is 10.9. The number of hydrogen-bond donors (Lipinski definition) is 1. The van der Waals surface area contributed by atoms with Gasteiger partial charge in [0.25, 0.3) is 0 Å². The van der Waals surface area contributed by atoms with Gasteiger partial charge in [-0.3, -0.25) is 0 Å². The molecule has 1 N–H and O–H groups in total. The van der Waals surface area contributed by atoms with Crippen molar-refractivity contribution < 1.29 is 0 Å². The standard InChI is InChI=1S/C14H26N4/c1-3-10-18-14(15-11-16-18)12(2)17-13-8-6-4-5-7-9-13/h11-13,17H,3-10H2,1-2H3/t12-/m1/s1. The van der Waals surface area contributed by atoms with Gasteiger partial charge < -0.3 is 5.32 Å². The molecule has 1 aliphatic carbocycles. The summed E-state index contributed by atoms with van der Waals surface area (Å²) in [6.45, 7) is 5.35. The molecule has 1 saturated carbocycles. The maximum atomic E-state index is 4.41. The highest BCUT2D eigenvalue weighted by Gasteiger charge is 2.18. The number of hydrogen-bond acceptors (Lipinski definition) is 3. The van der Waals surface area contributed by atoms with E-state index in [4.69, 9.17) is 0 Å². The molecule has 4 heteroatoms. The highest BCUT2D eigenvalue weighted by atomic mass is 15.3. The largest absolute Gasteiger partial charge is 0.305 e. The fourth-order valence-corrected chi connectivity index (χ4v) is 2.87. The van der Waals surface area contributed by atoms with Crippen LogP contribution in [0.3, 0.4) is 0 Å². The van der Waals surface area contributed by atoms with E-state index in [2.05, 4.69) is 29.2 Å². The van der Waals surface area contributed by atoms with Crippen LogP contribution in [0.1, 0.15) is 70.7 Å². The van der Waals surface area contributed by atoms with Crippen molar-refractivity contribution in [1.82, 2.24) is 20.1 Å². The van der Waals surface area contributed by atoms with Crippen LogP contribution in [0.2, 0.25) is 0 Å². The lowest BCUT2D eigenvalue weighted by Gasteiger charge is -2.21. The normalized spacial score (nSPS) is 19.7. The van der Waals surface area contributed by atoms with Gasteiger partial charge in [-0.15, -0.1) is 0 Å². The predicted octanol–water partition coefficient (Wildman–Crippen LogP) is 3.06. The fraction of sp³-hybridized carbons (Fsp3) is 0.857. The minimum absolute atomic E-state index is 0.308. The maximum absolute atomic E-state index is 4.41. The number of rotatable bonds is 5. The SMILES string of the molecule is CCCn1ncnc1[C@@H](C)NC1CCCCCC1. The number of nitrogens with one attached hydrogen (secondary N) is 1. The molecule has 1 atom stereocenters. The van der Waals surface area contributed by atoms with Crippen LogP contribution in [0.25, 0.3) is 0 Å². The van der Waals surface area contributed by atoms with Crippen LogP contribution in [0, 0.1) is 0 Å². The predicted molar refractivity (Wildman–Crippen MR) is 73.4 cm³/mol. The molecule has 0 aromatic carbocycles. The topological polar surface area (TPSA) is 42.7 Å². The van der Waals surface area contributed by atoms with Gasteiger partial charge in [0.15, 0.2) is 0 Å². The van der Waals surface area contributed by atoms with E-state index in [0.29, 0.717) is 12.1 Å². The van der Waals surface area contributed by atoms with E-state index in [-0.39, 0.29) is 0 Å². The summed E-state index contributed by atoms with van der Waals surface area (Å²) in [5, 5.41) is 8.04. The Kier molecular flexibility index (Phi) is 5.17. The van der Waals surface area contributed by atoms with Gasteiger partial charge in [-0.05, 0) is 26.2 Å². The van der Waals surface area contributed by atoms with Gasteiger partial charge in [0, 0.05) is 12.6 Å². The van der Waals surface area contributed by atoms with Gasteiger partial charge in [0.1, 0.15) is 12.2 Å². The van der Waals surface area contributed by atoms with E-state index >= 15 is 0 Å². The number of nitrogens with zero attached hydrogens (tertiary/aromatic N) is 3. The Balaban J connectivity index is 1.93. The molecule has 1 aromatic rings. The third-order valence-corrected chi connectivity index (χ3v) is 3.81. The van der Waals surface area contributed by atoms with Crippen LogP contribution in [-0.4, -0.2) is 20.8 Å². The lowest BCUT2D eigenvalue weighted by molar-refractivity contribution is 0.390. The molecule has 0 saturated heterocycles. The van der Waals surface area contributed by atoms with Crippen molar-refractivity contribution in [2.45, 2.75) is 77.4 Å². The molecular formula is C14H26N4. The number of aryl methyl sites for hydroxylation is 1. The smallest absolute Gasteiger partial charge is 0.143 e. The molecule has 0 spiro atoms. The Morgan fingerprint density at radius 1 is 1.33 bits per heavy atom. The second-order valence-corrected chi connectivity index (χ2v) is 5.42. The first kappa shape index (κ1) is 13.5. The van der Waals surface area contributed by atoms with Crippen LogP contribution >= 0.6 is 0 Å². The molecule has 102 valence electrons. The first-order valence-corrected chi connectivity index (χ1v) is 7.45. The molecule has 0 radical (unpaired) electrons. The molecule has 1 aliphatic rings. The van der Waals surface area contributed by atoms with Crippen LogP contribution in [-0.2, 0) is 6.54 Å². The molecule has 1 fully saturated rings. The first-order chi connectivity index (χ1) is 8.81. The zero-order valence-corrected chi connectivity index (χ0v) is 11.7. The van der Waals surface area contributed by atoms with Crippen LogP contribution in [0.15, 0.2) is 6.33 Å². The molecule has 1 aromatic heterocycles. The summed E-state index contributed by atoms with van der Waals surface area (Å²) in [5.74, 6) is 1.08. The molecule has 1 heterocycles. The Morgan fingerprint density at radius 2 is 2.06 bits per heavy atom. The van der Waals surface area contributed by atoms with Crippen LogP contribution in [0.4, 0.5) is 0 Å². The van der Waals surface area contributed by atoms with E-state index in [1.54, 1.807) is 6.33 Å². The molecule has 18 heavy (non-hydrogen) atoms. The summed E-state index contributed by atoms with van der Waals surface area (Å²) >= 11 is 0. The highest BCUT2D eigenvalue weighted by molar-refractivity contribution is 4.93. The molecule has 0 unspecified atom stereocenters. The summed E-state index contributed by atoms with van der Waals surface area (Å²) in [4.78, 5) is 4.41. The van der Waals surface area contributed by atoms with Crippen LogP contribution < -0.4 is 5.32 Å². The van der Waals surface area contributed by atoms with Crippen molar-refractivity contribution in [1.29, 1.82) is 0 Å². The molecule has 4 nitrogen and oxygen atoms in total. The fourth-order valence-electron chi connectivity index (χ4n) is 2.87. The molecule has 0 aliphatic heterocycles. The summed E-state index contributed by atoms with van der Waals surface area (Å²) in [6, 6.07) is 0.969. The number of aromatic nitrogens is 3. The molecule has 0 bridgehead atoms. The minimum Gasteiger partial charge on any atom is -0.305 e. The van der Waals surface area contributed by atoms with E-state index in [0.717, 1.165) is 18.8 Å². The van der Waals surface area contributed by atoms with Crippen molar-refractivity contribution >= 4 is 0 Å². The van der Waals surface area contributed by atoms with Gasteiger partial charge in [-0.1, -0.05) is 32.6 Å². The lowest BCUT2D eigenvalue weighted by Crippen LogP contribution is -2.32. The van der Waals surface area contributed by atoms with E-state index in [9.17, 15) is 0 Å². The molecular weight excluding hydrogens is 224 g/mol. The van der Waals surface area contributed by atoms with Crippen molar-refractivity contribution in [2.75, 3.05) is 0 Å². The summed E-state index contributed by atoms with van der Waals surface area (Å²) in [5.41, 5.74) is 0. The van der Waals surface area contributed by atoms with E-state index in [1.807, 2.05) is 4.68 Å². The Morgan fingerprint density at radius 3 is 2.72 bits per heavy atom. The first-order valence-electron chi connectivity index (χ1n) is 7.45. The summed E-state index contributed by atoms with van der Waals surface area (Å²) in [7, 11) is 0. The van der Waals surface area contributed by atoms with Gasteiger partial charge in [0.05, 0.1) is 6.04 Å². The van der Waals surface area contributed by atoms with Crippen molar-refractivity contribution in [3.63, 3.8) is 0 Å². The zero-order valence-electron chi connectivity index (χ0n) is 11.7. The quantitative estimate of drug-likeness (QED) is 0.817. The molecule has 0 amide bonds. The third kappa shape index (κ3) is 3.55. The average Bonchev–Trinajstić information content (AvgIpc) is 2.67. The lowest BCUT2D eigenvalue weighted by atomic mass is 10.1. The van der Waals surface area contributed by atoms with Crippen LogP contribution in [0.5, 0.6) is 0 Å². The van der Waals surface area contributed by atoms with Gasteiger partial charge in [-0.25, -0.2) is 9.67 Å². The monoisotopic (exact) mass is 250 g/mol. The third-order valence-electron chi connectivity index (χ3n) is 3.81. The highest BCUT2D eigenvalue weighted by Crippen LogP contribution is 2.20. The average molecular weight is 250 g/mol. The minimum atomic E-state index is 0.308. The van der Waals surface area contributed by atoms with Crippen molar-refractivity contribution in [2.24, 2.45) is 0 Å². The van der Waals surface area contributed by atoms with E-state index < -0.39 is 0 Å². The second-order valence-electron chi connectivity index (χ2n) is 5.42. The Hall–Kier alpha value is -0.900. The Bertz CT molecular complexity index is 339. The molecule has 2 rings (SSSR count). The van der Waals surface area contributed by atoms with Crippen molar-refractivity contribution in [3.8, 4) is 0 Å². The Labute approximate surface area is 110 Å². The second kappa shape index (κ2) is 6.88. The van der Waals surface area contributed by atoms with Gasteiger partial charge >= 0.3 is 0 Å².